The molecule has 2 aromatic heterocycles. The standard InChI is InChI=1S/C13H10BrFN2O4/c1-2-21-11(18)4-3-9-12(13(19)20)16-10-5-8(15)7(14)6-17(9)10/h3-6H,2H2,1H3,(H,19,20)/b4-3+. The molecule has 6 nitrogen and oxygen atoms in total. The second-order valence-corrected chi connectivity index (χ2v) is 4.79. The molecular formula is C13H10BrFN2O4. The molecule has 0 amide bonds. The summed E-state index contributed by atoms with van der Waals surface area (Å²) < 4.78 is 19.7. The number of pyridine rings is 1. The van der Waals surface area contributed by atoms with Crippen LogP contribution in [0.15, 0.2) is 22.8 Å². The van der Waals surface area contributed by atoms with Gasteiger partial charge < -0.3 is 9.84 Å². The van der Waals surface area contributed by atoms with E-state index in [9.17, 15) is 14.0 Å². The summed E-state index contributed by atoms with van der Waals surface area (Å²) in [6.07, 6.45) is 3.71. The number of halogens is 2. The average molecular weight is 357 g/mol. The van der Waals surface area contributed by atoms with Crippen LogP contribution in [0, 0.1) is 5.82 Å². The Kier molecular flexibility index (Phi) is 4.37. The number of fused-ring (bicyclic) bond motifs is 1. The van der Waals surface area contributed by atoms with Crippen molar-refractivity contribution in [2.45, 2.75) is 6.92 Å². The molecule has 0 aliphatic heterocycles. The Balaban J connectivity index is 2.58. The van der Waals surface area contributed by atoms with Crippen molar-refractivity contribution in [1.29, 1.82) is 0 Å². The van der Waals surface area contributed by atoms with Gasteiger partial charge in [-0.3, -0.25) is 4.40 Å². The van der Waals surface area contributed by atoms with E-state index >= 15 is 0 Å². The zero-order valence-corrected chi connectivity index (χ0v) is 12.4. The van der Waals surface area contributed by atoms with E-state index in [2.05, 4.69) is 20.9 Å². The van der Waals surface area contributed by atoms with Crippen LogP contribution in [0.5, 0.6) is 0 Å². The molecule has 0 aromatic carbocycles. The van der Waals surface area contributed by atoms with Crippen molar-refractivity contribution in [3.05, 3.63) is 40.0 Å². The topological polar surface area (TPSA) is 80.9 Å². The van der Waals surface area contributed by atoms with Crippen LogP contribution in [0.4, 0.5) is 4.39 Å². The number of carboxylic acid groups (broad SMARTS) is 1. The SMILES string of the molecule is CCOC(=O)/C=C/c1c(C(=O)O)nc2cc(F)c(Br)cn12. The normalized spacial score (nSPS) is 11.2. The summed E-state index contributed by atoms with van der Waals surface area (Å²) in [6.45, 7) is 1.86. The molecule has 0 saturated carbocycles. The molecule has 0 radical (unpaired) electrons. The number of aromatic nitrogens is 2. The summed E-state index contributed by atoms with van der Waals surface area (Å²) in [5.74, 6) is -2.45. The van der Waals surface area contributed by atoms with Gasteiger partial charge in [0.25, 0.3) is 0 Å². The molecule has 0 atom stereocenters. The largest absolute Gasteiger partial charge is 0.476 e. The monoisotopic (exact) mass is 356 g/mol. The van der Waals surface area contributed by atoms with E-state index in [0.29, 0.717) is 0 Å². The van der Waals surface area contributed by atoms with Crippen molar-refractivity contribution in [1.82, 2.24) is 9.38 Å². The second-order valence-electron chi connectivity index (χ2n) is 3.93. The summed E-state index contributed by atoms with van der Waals surface area (Å²) in [7, 11) is 0. The highest BCUT2D eigenvalue weighted by molar-refractivity contribution is 9.10. The first kappa shape index (κ1) is 15.2. The van der Waals surface area contributed by atoms with Crippen LogP contribution in [-0.2, 0) is 9.53 Å². The van der Waals surface area contributed by atoms with Crippen molar-refractivity contribution in [3.8, 4) is 0 Å². The van der Waals surface area contributed by atoms with E-state index in [-0.39, 0.29) is 28.1 Å². The number of nitrogens with zero attached hydrogens (tertiary/aromatic N) is 2. The van der Waals surface area contributed by atoms with Gasteiger partial charge >= 0.3 is 11.9 Å². The highest BCUT2D eigenvalue weighted by atomic mass is 79.9. The van der Waals surface area contributed by atoms with Crippen molar-refractivity contribution >= 4 is 39.6 Å². The van der Waals surface area contributed by atoms with Gasteiger partial charge in [-0.25, -0.2) is 19.0 Å². The van der Waals surface area contributed by atoms with Gasteiger partial charge in [0.1, 0.15) is 11.5 Å². The summed E-state index contributed by atoms with van der Waals surface area (Å²) in [6, 6.07) is 1.10. The molecule has 0 unspecified atom stereocenters. The molecule has 2 aromatic rings. The first-order chi connectivity index (χ1) is 9.93. The van der Waals surface area contributed by atoms with Crippen molar-refractivity contribution in [2.75, 3.05) is 6.61 Å². The number of rotatable bonds is 4. The lowest BCUT2D eigenvalue weighted by molar-refractivity contribution is -0.137. The second kappa shape index (κ2) is 6.04. The van der Waals surface area contributed by atoms with Crippen molar-refractivity contribution < 1.29 is 23.8 Å². The summed E-state index contributed by atoms with van der Waals surface area (Å²) in [5, 5.41) is 9.14. The van der Waals surface area contributed by atoms with Crippen LogP contribution < -0.4 is 0 Å². The molecule has 0 aliphatic carbocycles. The maximum absolute atomic E-state index is 13.5. The molecule has 0 saturated heterocycles. The molecule has 2 rings (SSSR count). The fourth-order valence-electron chi connectivity index (χ4n) is 1.71. The van der Waals surface area contributed by atoms with E-state index < -0.39 is 17.8 Å². The molecule has 1 N–H and O–H groups in total. The first-order valence-corrected chi connectivity index (χ1v) is 6.68. The number of aromatic carboxylic acids is 1. The zero-order valence-electron chi connectivity index (χ0n) is 10.8. The lowest BCUT2D eigenvalue weighted by atomic mass is 10.3. The first-order valence-electron chi connectivity index (χ1n) is 5.89. The van der Waals surface area contributed by atoms with E-state index in [4.69, 9.17) is 9.84 Å². The quantitative estimate of drug-likeness (QED) is 0.672. The van der Waals surface area contributed by atoms with Gasteiger partial charge in [-0.2, -0.15) is 0 Å². The highest BCUT2D eigenvalue weighted by Crippen LogP contribution is 2.21. The number of hydrogen-bond donors (Lipinski definition) is 1. The van der Waals surface area contributed by atoms with Gasteiger partial charge in [-0.05, 0) is 28.9 Å². The Morgan fingerprint density at radius 3 is 2.90 bits per heavy atom. The molecule has 8 heteroatoms. The van der Waals surface area contributed by atoms with Crippen LogP contribution in [0.2, 0.25) is 0 Å². The minimum absolute atomic E-state index is 0.122. The average Bonchev–Trinajstić information content (AvgIpc) is 2.75. The van der Waals surface area contributed by atoms with Crippen LogP contribution in [0.25, 0.3) is 11.7 Å². The maximum atomic E-state index is 13.5. The predicted octanol–water partition coefficient (Wildman–Crippen LogP) is 2.51. The number of carbonyl (C=O) groups excluding carboxylic acids is 1. The fraction of sp³-hybridized carbons (Fsp3) is 0.154. The molecule has 0 bridgehead atoms. The molecule has 110 valence electrons. The van der Waals surface area contributed by atoms with E-state index in [1.54, 1.807) is 6.92 Å². The third kappa shape index (κ3) is 3.10. The van der Waals surface area contributed by atoms with Crippen LogP contribution in [-0.4, -0.2) is 33.0 Å². The number of hydrogen-bond acceptors (Lipinski definition) is 4. The number of carboxylic acids is 1. The maximum Gasteiger partial charge on any atom is 0.356 e. The van der Waals surface area contributed by atoms with Gasteiger partial charge in [0.05, 0.1) is 16.8 Å². The van der Waals surface area contributed by atoms with Gasteiger partial charge in [0, 0.05) is 18.3 Å². The Morgan fingerprint density at radius 1 is 1.57 bits per heavy atom. The lowest BCUT2D eigenvalue weighted by Gasteiger charge is -2.00. The van der Waals surface area contributed by atoms with Gasteiger partial charge in [-0.1, -0.05) is 0 Å². The molecular weight excluding hydrogens is 347 g/mol. The minimum Gasteiger partial charge on any atom is -0.476 e. The van der Waals surface area contributed by atoms with Crippen LogP contribution >= 0.6 is 15.9 Å². The molecule has 2 heterocycles. The van der Waals surface area contributed by atoms with Gasteiger partial charge in [0.2, 0.25) is 0 Å². The summed E-state index contributed by atoms with van der Waals surface area (Å²) in [5.41, 5.74) is -0.0177. The predicted molar refractivity (Wildman–Crippen MR) is 75.5 cm³/mol. The highest BCUT2D eigenvalue weighted by Gasteiger charge is 2.18. The molecule has 0 aliphatic rings. The van der Waals surface area contributed by atoms with E-state index in [1.165, 1.54) is 16.7 Å². The Hall–Kier alpha value is -2.22. The molecule has 0 fully saturated rings. The Bertz CT molecular complexity index is 754. The zero-order chi connectivity index (χ0) is 15.6. The Labute approximate surface area is 127 Å². The minimum atomic E-state index is -1.28. The van der Waals surface area contributed by atoms with Gasteiger partial charge in [-0.15, -0.1) is 0 Å². The van der Waals surface area contributed by atoms with Crippen LogP contribution in [0.1, 0.15) is 23.1 Å². The number of carbonyl (C=O) groups is 2. The smallest absolute Gasteiger partial charge is 0.356 e. The fourth-order valence-corrected chi connectivity index (χ4v) is 2.03. The summed E-state index contributed by atoms with van der Waals surface area (Å²) in [4.78, 5) is 26.4. The van der Waals surface area contributed by atoms with Crippen molar-refractivity contribution in [2.24, 2.45) is 0 Å². The van der Waals surface area contributed by atoms with Crippen molar-refractivity contribution in [3.63, 3.8) is 0 Å². The Morgan fingerprint density at radius 2 is 2.29 bits per heavy atom. The van der Waals surface area contributed by atoms with Gasteiger partial charge in [0.15, 0.2) is 5.69 Å². The van der Waals surface area contributed by atoms with E-state index in [1.807, 2.05) is 0 Å². The number of ether oxygens (including phenoxy) is 1. The molecule has 0 spiro atoms. The summed E-state index contributed by atoms with van der Waals surface area (Å²) >= 11 is 3.01. The van der Waals surface area contributed by atoms with E-state index in [0.717, 1.165) is 12.1 Å². The molecule has 21 heavy (non-hydrogen) atoms. The lowest BCUT2D eigenvalue weighted by Crippen LogP contribution is -2.02. The third-order valence-corrected chi connectivity index (χ3v) is 3.15. The number of imidazole rings is 1. The number of esters is 1. The third-order valence-electron chi connectivity index (χ3n) is 2.57. The van der Waals surface area contributed by atoms with Crippen LogP contribution in [0.3, 0.4) is 0 Å².